The molecule has 2 N–H and O–H groups in total. The SMILES string of the molecule is CC(NC(c1ccccc1)C1CC1)C(=O)NC(C)(C)C. The highest BCUT2D eigenvalue weighted by atomic mass is 16.2. The summed E-state index contributed by atoms with van der Waals surface area (Å²) in [6, 6.07) is 10.5. The van der Waals surface area contributed by atoms with E-state index >= 15 is 0 Å². The van der Waals surface area contributed by atoms with E-state index < -0.39 is 0 Å². The van der Waals surface area contributed by atoms with Crippen molar-refractivity contribution in [3.8, 4) is 0 Å². The van der Waals surface area contributed by atoms with Crippen molar-refractivity contribution in [1.82, 2.24) is 10.6 Å². The Morgan fingerprint density at radius 2 is 1.80 bits per heavy atom. The maximum Gasteiger partial charge on any atom is 0.237 e. The minimum atomic E-state index is -0.186. The predicted octanol–water partition coefficient (Wildman–Crippen LogP) is 3.03. The number of hydrogen-bond acceptors (Lipinski definition) is 2. The summed E-state index contributed by atoms with van der Waals surface area (Å²) in [6.07, 6.45) is 2.50. The van der Waals surface area contributed by atoms with Crippen LogP contribution in [0, 0.1) is 5.92 Å². The van der Waals surface area contributed by atoms with Crippen LogP contribution in [0.15, 0.2) is 30.3 Å². The van der Waals surface area contributed by atoms with E-state index in [-0.39, 0.29) is 23.5 Å². The molecule has 0 aromatic heterocycles. The summed E-state index contributed by atoms with van der Waals surface area (Å²) in [7, 11) is 0. The molecule has 2 unspecified atom stereocenters. The van der Waals surface area contributed by atoms with Crippen molar-refractivity contribution < 1.29 is 4.79 Å². The number of carbonyl (C=O) groups is 1. The van der Waals surface area contributed by atoms with Crippen molar-refractivity contribution in [1.29, 1.82) is 0 Å². The molecule has 3 heteroatoms. The molecule has 3 nitrogen and oxygen atoms in total. The molecule has 0 aliphatic heterocycles. The number of carbonyl (C=O) groups excluding carboxylic acids is 1. The van der Waals surface area contributed by atoms with Crippen LogP contribution in [0.25, 0.3) is 0 Å². The summed E-state index contributed by atoms with van der Waals surface area (Å²) in [5.74, 6) is 0.737. The highest BCUT2D eigenvalue weighted by molar-refractivity contribution is 5.82. The monoisotopic (exact) mass is 274 g/mol. The molecule has 2 rings (SSSR count). The lowest BCUT2D eigenvalue weighted by Crippen LogP contribution is -2.50. The Hall–Kier alpha value is -1.35. The summed E-state index contributed by atoms with van der Waals surface area (Å²) >= 11 is 0. The van der Waals surface area contributed by atoms with E-state index in [0.717, 1.165) is 0 Å². The topological polar surface area (TPSA) is 41.1 Å². The Balaban J connectivity index is 2.00. The average Bonchev–Trinajstić information content (AvgIpc) is 3.19. The number of rotatable bonds is 5. The van der Waals surface area contributed by atoms with Crippen LogP contribution in [-0.2, 0) is 4.79 Å². The summed E-state index contributed by atoms with van der Waals surface area (Å²) in [5, 5.41) is 6.54. The van der Waals surface area contributed by atoms with E-state index in [1.165, 1.54) is 18.4 Å². The van der Waals surface area contributed by atoms with Gasteiger partial charge in [0.2, 0.25) is 5.91 Å². The zero-order valence-corrected chi connectivity index (χ0v) is 12.9. The average molecular weight is 274 g/mol. The van der Waals surface area contributed by atoms with Gasteiger partial charge >= 0.3 is 0 Å². The van der Waals surface area contributed by atoms with Crippen LogP contribution < -0.4 is 10.6 Å². The number of nitrogens with one attached hydrogen (secondary N) is 2. The molecule has 0 saturated heterocycles. The van der Waals surface area contributed by atoms with Gasteiger partial charge in [-0.3, -0.25) is 10.1 Å². The number of benzene rings is 1. The second-order valence-corrected chi connectivity index (χ2v) is 6.85. The quantitative estimate of drug-likeness (QED) is 0.866. The number of hydrogen-bond donors (Lipinski definition) is 2. The molecule has 0 radical (unpaired) electrons. The molecule has 0 heterocycles. The Labute approximate surface area is 122 Å². The molecular formula is C17H26N2O. The molecule has 1 aliphatic carbocycles. The van der Waals surface area contributed by atoms with E-state index in [1.54, 1.807) is 0 Å². The van der Waals surface area contributed by atoms with E-state index in [2.05, 4.69) is 34.9 Å². The van der Waals surface area contributed by atoms with Gasteiger partial charge < -0.3 is 5.32 Å². The van der Waals surface area contributed by atoms with Gasteiger partial charge in [-0.05, 0) is 52.0 Å². The molecule has 2 atom stereocenters. The third kappa shape index (κ3) is 4.34. The highest BCUT2D eigenvalue weighted by Crippen LogP contribution is 2.41. The van der Waals surface area contributed by atoms with E-state index in [9.17, 15) is 4.79 Å². The van der Waals surface area contributed by atoms with E-state index in [1.807, 2.05) is 33.8 Å². The predicted molar refractivity (Wildman–Crippen MR) is 82.4 cm³/mol. The molecular weight excluding hydrogens is 248 g/mol. The Bertz CT molecular complexity index is 446. The molecule has 1 aromatic carbocycles. The van der Waals surface area contributed by atoms with Gasteiger partial charge in [-0.1, -0.05) is 30.3 Å². The lowest BCUT2D eigenvalue weighted by Gasteiger charge is -2.27. The van der Waals surface area contributed by atoms with Crippen LogP contribution in [0.4, 0.5) is 0 Å². The molecule has 110 valence electrons. The Morgan fingerprint density at radius 3 is 2.30 bits per heavy atom. The summed E-state index contributed by atoms with van der Waals surface area (Å²) in [4.78, 5) is 12.2. The maximum absolute atomic E-state index is 12.2. The van der Waals surface area contributed by atoms with Gasteiger partial charge in [0, 0.05) is 11.6 Å². The molecule has 1 fully saturated rings. The number of amides is 1. The zero-order valence-electron chi connectivity index (χ0n) is 12.9. The minimum Gasteiger partial charge on any atom is -0.350 e. The van der Waals surface area contributed by atoms with Crippen molar-refractivity contribution in [3.63, 3.8) is 0 Å². The van der Waals surface area contributed by atoms with Gasteiger partial charge in [0.05, 0.1) is 6.04 Å². The van der Waals surface area contributed by atoms with Gasteiger partial charge in [0.15, 0.2) is 0 Å². The van der Waals surface area contributed by atoms with Crippen LogP contribution in [0.5, 0.6) is 0 Å². The van der Waals surface area contributed by atoms with Gasteiger partial charge in [0.25, 0.3) is 0 Å². The lowest BCUT2D eigenvalue weighted by atomic mass is 10.0. The fourth-order valence-electron chi connectivity index (χ4n) is 2.42. The first-order chi connectivity index (χ1) is 9.37. The third-order valence-electron chi connectivity index (χ3n) is 3.57. The van der Waals surface area contributed by atoms with E-state index in [4.69, 9.17) is 0 Å². The summed E-state index contributed by atoms with van der Waals surface area (Å²) < 4.78 is 0. The van der Waals surface area contributed by atoms with Crippen molar-refractivity contribution in [2.75, 3.05) is 0 Å². The van der Waals surface area contributed by atoms with E-state index in [0.29, 0.717) is 5.92 Å². The Morgan fingerprint density at radius 1 is 1.20 bits per heavy atom. The van der Waals surface area contributed by atoms with Crippen molar-refractivity contribution >= 4 is 5.91 Å². The molecule has 0 bridgehead atoms. The van der Waals surface area contributed by atoms with Crippen LogP contribution in [0.3, 0.4) is 0 Å². The van der Waals surface area contributed by atoms with Crippen LogP contribution in [0.2, 0.25) is 0 Å². The van der Waals surface area contributed by atoms with Crippen LogP contribution in [0.1, 0.15) is 52.1 Å². The first-order valence-corrected chi connectivity index (χ1v) is 7.50. The first kappa shape index (κ1) is 15.0. The van der Waals surface area contributed by atoms with Gasteiger partial charge in [-0.2, -0.15) is 0 Å². The molecule has 20 heavy (non-hydrogen) atoms. The van der Waals surface area contributed by atoms with Gasteiger partial charge in [-0.25, -0.2) is 0 Å². The summed E-state index contributed by atoms with van der Waals surface area (Å²) in [6.45, 7) is 7.97. The molecule has 0 spiro atoms. The largest absolute Gasteiger partial charge is 0.350 e. The maximum atomic E-state index is 12.2. The normalized spacial score (nSPS) is 18.4. The standard InChI is InChI=1S/C17H26N2O/c1-12(16(20)19-17(2,3)4)18-15(14-10-11-14)13-8-6-5-7-9-13/h5-9,12,14-15,18H,10-11H2,1-4H3,(H,19,20). The van der Waals surface area contributed by atoms with Gasteiger partial charge in [0.1, 0.15) is 0 Å². The third-order valence-corrected chi connectivity index (χ3v) is 3.57. The minimum absolute atomic E-state index is 0.0686. The van der Waals surface area contributed by atoms with Gasteiger partial charge in [-0.15, -0.1) is 0 Å². The van der Waals surface area contributed by atoms with Crippen LogP contribution >= 0.6 is 0 Å². The second kappa shape index (κ2) is 5.96. The highest BCUT2D eigenvalue weighted by Gasteiger charge is 2.34. The molecule has 1 amide bonds. The summed E-state index contributed by atoms with van der Waals surface area (Å²) in [5.41, 5.74) is 1.10. The van der Waals surface area contributed by atoms with Crippen LogP contribution in [-0.4, -0.2) is 17.5 Å². The zero-order chi connectivity index (χ0) is 14.8. The van der Waals surface area contributed by atoms with Crippen molar-refractivity contribution in [2.45, 2.75) is 58.2 Å². The lowest BCUT2D eigenvalue weighted by molar-refractivity contribution is -0.124. The fourth-order valence-corrected chi connectivity index (χ4v) is 2.42. The second-order valence-electron chi connectivity index (χ2n) is 6.85. The Kier molecular flexibility index (Phi) is 4.48. The molecule has 1 aliphatic rings. The fraction of sp³-hybridized carbons (Fsp3) is 0.588. The molecule has 1 saturated carbocycles. The van der Waals surface area contributed by atoms with Crippen molar-refractivity contribution in [3.05, 3.63) is 35.9 Å². The molecule has 1 aromatic rings. The smallest absolute Gasteiger partial charge is 0.237 e. The van der Waals surface area contributed by atoms with Crippen molar-refractivity contribution in [2.24, 2.45) is 5.92 Å². The first-order valence-electron chi connectivity index (χ1n) is 7.50.